The van der Waals surface area contributed by atoms with Gasteiger partial charge in [-0.15, -0.1) is 0 Å². The van der Waals surface area contributed by atoms with E-state index in [-0.39, 0.29) is 6.10 Å². The number of nitrogens with zero attached hydrogens (tertiary/aromatic N) is 2. The summed E-state index contributed by atoms with van der Waals surface area (Å²) in [5, 5.41) is 0. The summed E-state index contributed by atoms with van der Waals surface area (Å²) in [6.45, 7) is 3.72. The zero-order valence-corrected chi connectivity index (χ0v) is 13.8. The standard InChI is InChI=1S/C15H24N2O3S/c1-13-6-4-5-7-14(13)12-20-15-8-10-17(11-9-15)21(18,19)16(2)3/h4-7,15H,8-12H2,1-3H3. The van der Waals surface area contributed by atoms with Crippen molar-refractivity contribution in [3.8, 4) is 0 Å². The zero-order chi connectivity index (χ0) is 15.5. The number of benzene rings is 1. The van der Waals surface area contributed by atoms with E-state index in [4.69, 9.17) is 4.74 Å². The summed E-state index contributed by atoms with van der Waals surface area (Å²) in [6, 6.07) is 8.17. The van der Waals surface area contributed by atoms with Gasteiger partial charge in [0.15, 0.2) is 0 Å². The molecule has 5 nitrogen and oxygen atoms in total. The highest BCUT2D eigenvalue weighted by Crippen LogP contribution is 2.19. The smallest absolute Gasteiger partial charge is 0.281 e. The van der Waals surface area contributed by atoms with Gasteiger partial charge in [-0.2, -0.15) is 17.0 Å². The van der Waals surface area contributed by atoms with Crippen LogP contribution in [-0.2, 0) is 21.6 Å². The van der Waals surface area contributed by atoms with Gasteiger partial charge < -0.3 is 4.74 Å². The number of rotatable bonds is 5. The molecular formula is C15H24N2O3S. The van der Waals surface area contributed by atoms with E-state index in [0.717, 1.165) is 12.8 Å². The highest BCUT2D eigenvalue weighted by molar-refractivity contribution is 7.86. The molecule has 0 aliphatic carbocycles. The summed E-state index contributed by atoms with van der Waals surface area (Å²) in [5.41, 5.74) is 2.42. The quantitative estimate of drug-likeness (QED) is 0.833. The zero-order valence-electron chi connectivity index (χ0n) is 12.9. The van der Waals surface area contributed by atoms with Crippen LogP contribution in [0.3, 0.4) is 0 Å². The van der Waals surface area contributed by atoms with Crippen molar-refractivity contribution in [1.82, 2.24) is 8.61 Å². The summed E-state index contributed by atoms with van der Waals surface area (Å²) in [7, 11) is -0.155. The van der Waals surface area contributed by atoms with Gasteiger partial charge in [0.1, 0.15) is 0 Å². The molecule has 0 bridgehead atoms. The molecule has 0 aromatic heterocycles. The van der Waals surface area contributed by atoms with Crippen molar-refractivity contribution < 1.29 is 13.2 Å². The van der Waals surface area contributed by atoms with Crippen molar-refractivity contribution in [2.24, 2.45) is 0 Å². The lowest BCUT2D eigenvalue weighted by Gasteiger charge is -2.32. The minimum Gasteiger partial charge on any atom is -0.373 e. The Balaban J connectivity index is 1.84. The molecule has 0 N–H and O–H groups in total. The lowest BCUT2D eigenvalue weighted by molar-refractivity contribution is 0.00944. The molecular weight excluding hydrogens is 288 g/mol. The predicted octanol–water partition coefficient (Wildman–Crippen LogP) is 1.78. The Bertz CT molecular complexity index is 564. The normalized spacial score (nSPS) is 18.3. The first-order valence-electron chi connectivity index (χ1n) is 7.25. The van der Waals surface area contributed by atoms with E-state index in [0.29, 0.717) is 19.7 Å². The molecule has 0 radical (unpaired) electrons. The Morgan fingerprint density at radius 2 is 1.86 bits per heavy atom. The number of aryl methyl sites for hydroxylation is 1. The number of piperidine rings is 1. The Morgan fingerprint density at radius 3 is 2.43 bits per heavy atom. The van der Waals surface area contributed by atoms with Gasteiger partial charge in [-0.05, 0) is 30.9 Å². The fraction of sp³-hybridized carbons (Fsp3) is 0.600. The van der Waals surface area contributed by atoms with Gasteiger partial charge >= 0.3 is 0 Å². The van der Waals surface area contributed by atoms with E-state index >= 15 is 0 Å². The maximum atomic E-state index is 12.0. The Hall–Kier alpha value is -0.950. The number of hydrogen-bond donors (Lipinski definition) is 0. The van der Waals surface area contributed by atoms with Crippen molar-refractivity contribution in [1.29, 1.82) is 0 Å². The third kappa shape index (κ3) is 4.03. The second-order valence-electron chi connectivity index (χ2n) is 5.63. The van der Waals surface area contributed by atoms with Gasteiger partial charge in [0.25, 0.3) is 10.2 Å². The topological polar surface area (TPSA) is 49.9 Å². The first kappa shape index (κ1) is 16.4. The molecule has 1 heterocycles. The summed E-state index contributed by atoms with van der Waals surface area (Å²) < 4.78 is 32.8. The highest BCUT2D eigenvalue weighted by atomic mass is 32.2. The molecule has 0 amide bonds. The summed E-state index contributed by atoms with van der Waals surface area (Å²) in [5.74, 6) is 0. The van der Waals surface area contributed by atoms with Crippen molar-refractivity contribution in [3.63, 3.8) is 0 Å². The Morgan fingerprint density at radius 1 is 1.24 bits per heavy atom. The van der Waals surface area contributed by atoms with Crippen molar-refractivity contribution in [3.05, 3.63) is 35.4 Å². The fourth-order valence-electron chi connectivity index (χ4n) is 2.44. The third-order valence-electron chi connectivity index (χ3n) is 3.92. The monoisotopic (exact) mass is 312 g/mol. The van der Waals surface area contributed by atoms with Crippen LogP contribution < -0.4 is 0 Å². The average molecular weight is 312 g/mol. The second kappa shape index (κ2) is 6.87. The number of ether oxygens (including phenoxy) is 1. The predicted molar refractivity (Wildman–Crippen MR) is 83.2 cm³/mol. The van der Waals surface area contributed by atoms with E-state index in [1.807, 2.05) is 12.1 Å². The molecule has 0 atom stereocenters. The number of hydrogen-bond acceptors (Lipinski definition) is 3. The molecule has 21 heavy (non-hydrogen) atoms. The molecule has 0 unspecified atom stereocenters. The molecule has 1 fully saturated rings. The highest BCUT2D eigenvalue weighted by Gasteiger charge is 2.29. The van der Waals surface area contributed by atoms with Crippen LogP contribution in [0.4, 0.5) is 0 Å². The van der Waals surface area contributed by atoms with Gasteiger partial charge in [-0.1, -0.05) is 24.3 Å². The molecule has 118 valence electrons. The van der Waals surface area contributed by atoms with Crippen LogP contribution in [0.15, 0.2) is 24.3 Å². The first-order chi connectivity index (χ1) is 9.91. The molecule has 0 saturated carbocycles. The summed E-state index contributed by atoms with van der Waals surface area (Å²) in [6.07, 6.45) is 1.64. The molecule has 2 rings (SSSR count). The second-order valence-corrected chi connectivity index (χ2v) is 7.77. The van der Waals surface area contributed by atoms with Gasteiger partial charge in [-0.25, -0.2) is 0 Å². The van der Waals surface area contributed by atoms with Crippen LogP contribution in [0.5, 0.6) is 0 Å². The minimum absolute atomic E-state index is 0.137. The summed E-state index contributed by atoms with van der Waals surface area (Å²) >= 11 is 0. The van der Waals surface area contributed by atoms with Crippen molar-refractivity contribution >= 4 is 10.2 Å². The Kier molecular flexibility index (Phi) is 5.37. The van der Waals surface area contributed by atoms with Crippen LogP contribution in [-0.4, -0.2) is 50.3 Å². The Labute approximate surface area is 127 Å². The van der Waals surface area contributed by atoms with Gasteiger partial charge in [0.2, 0.25) is 0 Å². The van der Waals surface area contributed by atoms with E-state index in [2.05, 4.69) is 19.1 Å². The van der Waals surface area contributed by atoms with E-state index in [1.54, 1.807) is 14.1 Å². The van der Waals surface area contributed by atoms with Gasteiger partial charge in [-0.3, -0.25) is 0 Å². The molecule has 1 saturated heterocycles. The molecule has 1 aromatic carbocycles. The molecule has 1 aliphatic rings. The van der Waals surface area contributed by atoms with E-state index in [9.17, 15) is 8.42 Å². The lowest BCUT2D eigenvalue weighted by atomic mass is 10.1. The van der Waals surface area contributed by atoms with Crippen LogP contribution in [0.2, 0.25) is 0 Å². The molecule has 0 spiro atoms. The molecule has 1 aliphatic heterocycles. The maximum absolute atomic E-state index is 12.0. The van der Waals surface area contributed by atoms with Gasteiger partial charge in [0, 0.05) is 27.2 Å². The van der Waals surface area contributed by atoms with Crippen molar-refractivity contribution in [2.45, 2.75) is 32.5 Å². The third-order valence-corrected chi connectivity index (χ3v) is 5.87. The average Bonchev–Trinajstić information content (AvgIpc) is 2.46. The summed E-state index contributed by atoms with van der Waals surface area (Å²) in [4.78, 5) is 0. The minimum atomic E-state index is -3.29. The van der Waals surface area contributed by atoms with Crippen molar-refractivity contribution in [2.75, 3.05) is 27.2 Å². The SMILES string of the molecule is Cc1ccccc1COC1CCN(S(=O)(=O)N(C)C)CC1. The lowest BCUT2D eigenvalue weighted by Crippen LogP contribution is -2.45. The van der Waals surface area contributed by atoms with E-state index < -0.39 is 10.2 Å². The first-order valence-corrected chi connectivity index (χ1v) is 8.64. The molecule has 6 heteroatoms. The van der Waals surface area contributed by atoms with E-state index in [1.165, 1.54) is 19.7 Å². The van der Waals surface area contributed by atoms with Crippen LogP contribution >= 0.6 is 0 Å². The van der Waals surface area contributed by atoms with Crippen LogP contribution in [0.1, 0.15) is 24.0 Å². The maximum Gasteiger partial charge on any atom is 0.281 e. The van der Waals surface area contributed by atoms with Gasteiger partial charge in [0.05, 0.1) is 12.7 Å². The largest absolute Gasteiger partial charge is 0.373 e. The fourth-order valence-corrected chi connectivity index (χ4v) is 3.57. The van der Waals surface area contributed by atoms with Crippen LogP contribution in [0, 0.1) is 6.92 Å². The van der Waals surface area contributed by atoms with Crippen LogP contribution in [0.25, 0.3) is 0 Å². The molecule has 1 aromatic rings.